The summed E-state index contributed by atoms with van der Waals surface area (Å²) >= 11 is 0. The number of ether oxygens (including phenoxy) is 4. The molecule has 21 heavy (non-hydrogen) atoms. The number of hydrogen-bond acceptors (Lipinski definition) is 7. The first kappa shape index (κ1) is 15.8. The van der Waals surface area contributed by atoms with Crippen molar-refractivity contribution in [3.8, 4) is 0 Å². The number of carbonyl (C=O) groups excluding carboxylic acids is 2. The van der Waals surface area contributed by atoms with Crippen molar-refractivity contribution in [1.29, 1.82) is 0 Å². The van der Waals surface area contributed by atoms with Gasteiger partial charge in [-0.3, -0.25) is 4.79 Å². The van der Waals surface area contributed by atoms with Gasteiger partial charge >= 0.3 is 11.9 Å². The second kappa shape index (κ2) is 5.65. The molecule has 1 saturated heterocycles. The van der Waals surface area contributed by atoms with Crippen LogP contribution in [0.15, 0.2) is 11.3 Å². The van der Waals surface area contributed by atoms with Gasteiger partial charge in [-0.2, -0.15) is 0 Å². The Kier molecular flexibility index (Phi) is 4.25. The first-order valence-corrected chi connectivity index (χ1v) is 6.94. The molecule has 1 N–H and O–H groups in total. The van der Waals surface area contributed by atoms with Crippen molar-refractivity contribution in [2.75, 3.05) is 13.2 Å². The summed E-state index contributed by atoms with van der Waals surface area (Å²) in [6.07, 6.45) is -1.63. The Balaban J connectivity index is 2.27. The van der Waals surface area contributed by atoms with Gasteiger partial charge in [0.1, 0.15) is 29.5 Å². The molecule has 0 aromatic heterocycles. The summed E-state index contributed by atoms with van der Waals surface area (Å²) in [5.41, 5.74) is 0.203. The molecule has 7 heteroatoms. The highest BCUT2D eigenvalue weighted by Crippen LogP contribution is 2.45. The third-order valence-corrected chi connectivity index (χ3v) is 3.58. The highest BCUT2D eigenvalue weighted by atomic mass is 16.7. The predicted octanol–water partition coefficient (Wildman–Crippen LogP) is 0.509. The number of fused-ring (bicyclic) bond motifs is 1. The largest absolute Gasteiger partial charge is 0.490 e. The molecule has 4 atom stereocenters. The number of aliphatic hydroxyl groups is 1. The van der Waals surface area contributed by atoms with Crippen molar-refractivity contribution >= 4 is 11.9 Å². The smallest absolute Gasteiger partial charge is 0.340 e. The van der Waals surface area contributed by atoms with E-state index in [1.807, 2.05) is 0 Å². The number of rotatable bonds is 4. The lowest BCUT2D eigenvalue weighted by Gasteiger charge is -2.25. The summed E-state index contributed by atoms with van der Waals surface area (Å²) in [6.45, 7) is 6.71. The Morgan fingerprint density at radius 2 is 1.90 bits per heavy atom. The third-order valence-electron chi connectivity index (χ3n) is 3.58. The van der Waals surface area contributed by atoms with Crippen molar-refractivity contribution in [2.24, 2.45) is 5.92 Å². The van der Waals surface area contributed by atoms with Crippen LogP contribution < -0.4 is 0 Å². The summed E-state index contributed by atoms with van der Waals surface area (Å²) < 4.78 is 21.0. The van der Waals surface area contributed by atoms with Gasteiger partial charge in [0.05, 0.1) is 13.2 Å². The molecule has 2 aliphatic rings. The minimum atomic E-state index is -1.76. The molecular formula is C14H20O7. The van der Waals surface area contributed by atoms with E-state index in [-0.39, 0.29) is 18.8 Å². The predicted molar refractivity (Wildman–Crippen MR) is 69.8 cm³/mol. The van der Waals surface area contributed by atoms with Crippen LogP contribution in [0.3, 0.4) is 0 Å². The van der Waals surface area contributed by atoms with E-state index in [0.717, 1.165) is 0 Å². The topological polar surface area (TPSA) is 91.3 Å². The van der Waals surface area contributed by atoms with E-state index in [1.165, 1.54) is 6.92 Å². The Bertz CT molecular complexity index is 480. The van der Waals surface area contributed by atoms with Gasteiger partial charge in [-0.1, -0.05) is 0 Å². The molecule has 0 aliphatic carbocycles. The molecular weight excluding hydrogens is 280 g/mol. The van der Waals surface area contributed by atoms with E-state index in [0.29, 0.717) is 5.76 Å². The van der Waals surface area contributed by atoms with Crippen molar-refractivity contribution in [2.45, 2.75) is 45.7 Å². The number of carbonyl (C=O) groups is 2. The molecule has 2 heterocycles. The zero-order valence-corrected chi connectivity index (χ0v) is 12.5. The molecule has 7 nitrogen and oxygen atoms in total. The van der Waals surface area contributed by atoms with Gasteiger partial charge < -0.3 is 24.1 Å². The van der Waals surface area contributed by atoms with Crippen molar-refractivity contribution in [3.05, 3.63) is 11.3 Å². The van der Waals surface area contributed by atoms with Gasteiger partial charge in [-0.15, -0.1) is 0 Å². The van der Waals surface area contributed by atoms with Crippen molar-refractivity contribution in [3.63, 3.8) is 0 Å². The summed E-state index contributed by atoms with van der Waals surface area (Å²) in [7, 11) is 0. The van der Waals surface area contributed by atoms with Crippen LogP contribution in [0.2, 0.25) is 0 Å². The molecule has 4 unspecified atom stereocenters. The zero-order chi connectivity index (χ0) is 15.8. The van der Waals surface area contributed by atoms with E-state index in [2.05, 4.69) is 0 Å². The van der Waals surface area contributed by atoms with Crippen LogP contribution in [0.25, 0.3) is 0 Å². The molecule has 0 spiro atoms. The van der Waals surface area contributed by atoms with Gasteiger partial charge in [0.15, 0.2) is 5.79 Å². The van der Waals surface area contributed by atoms with Crippen LogP contribution in [0.5, 0.6) is 0 Å². The highest BCUT2D eigenvalue weighted by Gasteiger charge is 2.62. The van der Waals surface area contributed by atoms with Crippen LogP contribution in [-0.2, 0) is 28.5 Å². The minimum absolute atomic E-state index is 0.181. The SMILES string of the molecule is CCOC(=O)C1=C(C)OC2C1OC(C)(O)C2C(=O)OCC. The second-order valence-electron chi connectivity index (χ2n) is 5.10. The Morgan fingerprint density at radius 1 is 1.29 bits per heavy atom. The van der Waals surface area contributed by atoms with E-state index < -0.39 is 35.9 Å². The molecule has 0 aromatic rings. The fourth-order valence-corrected chi connectivity index (χ4v) is 2.75. The monoisotopic (exact) mass is 300 g/mol. The molecule has 0 radical (unpaired) electrons. The van der Waals surface area contributed by atoms with E-state index in [1.54, 1.807) is 20.8 Å². The summed E-state index contributed by atoms with van der Waals surface area (Å²) in [5.74, 6) is -3.63. The Hall–Kier alpha value is -1.60. The third kappa shape index (κ3) is 2.63. The molecule has 2 rings (SSSR count). The van der Waals surface area contributed by atoms with Gasteiger partial charge in [-0.05, 0) is 27.7 Å². The fourth-order valence-electron chi connectivity index (χ4n) is 2.75. The molecule has 0 aromatic carbocycles. The lowest BCUT2D eigenvalue weighted by atomic mass is 9.93. The normalized spacial score (nSPS) is 34.4. The lowest BCUT2D eigenvalue weighted by molar-refractivity contribution is -0.205. The van der Waals surface area contributed by atoms with E-state index in [4.69, 9.17) is 18.9 Å². The van der Waals surface area contributed by atoms with Crippen molar-refractivity contribution < 1.29 is 33.6 Å². The second-order valence-corrected chi connectivity index (χ2v) is 5.10. The van der Waals surface area contributed by atoms with Gasteiger partial charge in [-0.25, -0.2) is 4.79 Å². The van der Waals surface area contributed by atoms with Crippen LogP contribution in [0.1, 0.15) is 27.7 Å². The first-order chi connectivity index (χ1) is 9.83. The molecule has 2 aliphatic heterocycles. The number of hydrogen-bond donors (Lipinski definition) is 1. The molecule has 0 amide bonds. The van der Waals surface area contributed by atoms with Gasteiger partial charge in [0, 0.05) is 0 Å². The summed E-state index contributed by atoms with van der Waals surface area (Å²) in [4.78, 5) is 24.0. The van der Waals surface area contributed by atoms with Crippen molar-refractivity contribution in [1.82, 2.24) is 0 Å². The molecule has 118 valence electrons. The van der Waals surface area contributed by atoms with Gasteiger partial charge in [0.2, 0.25) is 0 Å². The van der Waals surface area contributed by atoms with Crippen LogP contribution in [-0.4, -0.2) is 48.3 Å². The van der Waals surface area contributed by atoms with E-state index in [9.17, 15) is 14.7 Å². The number of allylic oxidation sites excluding steroid dienone is 1. The van der Waals surface area contributed by atoms with Gasteiger partial charge in [0.25, 0.3) is 0 Å². The van der Waals surface area contributed by atoms with Crippen LogP contribution in [0.4, 0.5) is 0 Å². The zero-order valence-electron chi connectivity index (χ0n) is 12.5. The fraction of sp³-hybridized carbons (Fsp3) is 0.714. The molecule has 1 fully saturated rings. The molecule has 0 bridgehead atoms. The minimum Gasteiger partial charge on any atom is -0.490 e. The Morgan fingerprint density at radius 3 is 2.48 bits per heavy atom. The maximum atomic E-state index is 12.0. The summed E-state index contributed by atoms with van der Waals surface area (Å²) in [5, 5.41) is 10.3. The average molecular weight is 300 g/mol. The number of esters is 2. The van der Waals surface area contributed by atoms with E-state index >= 15 is 0 Å². The lowest BCUT2D eigenvalue weighted by Crippen LogP contribution is -2.42. The first-order valence-electron chi connectivity index (χ1n) is 6.94. The maximum absolute atomic E-state index is 12.0. The highest BCUT2D eigenvalue weighted by molar-refractivity contribution is 5.91. The standard InChI is InChI=1S/C14H20O7/c1-5-18-12(15)8-7(3)20-11-9(13(16)19-6-2)14(4,17)21-10(8)11/h9-11,17H,5-6H2,1-4H3. The maximum Gasteiger partial charge on any atom is 0.340 e. The molecule has 0 saturated carbocycles. The average Bonchev–Trinajstić information content (AvgIpc) is 2.78. The summed E-state index contributed by atoms with van der Waals surface area (Å²) in [6, 6.07) is 0. The quantitative estimate of drug-likeness (QED) is 0.756. The van der Waals surface area contributed by atoms with Crippen LogP contribution >= 0.6 is 0 Å². The Labute approximate surface area is 122 Å². The van der Waals surface area contributed by atoms with Crippen LogP contribution in [0, 0.1) is 5.92 Å².